The number of rotatable bonds is 4. The van der Waals surface area contributed by atoms with E-state index in [9.17, 15) is 61.5 Å². The van der Waals surface area contributed by atoms with Crippen LogP contribution < -0.4 is 0 Å². The Morgan fingerprint density at radius 1 is 0.528 bits per heavy atom. The number of benzene rings is 2. The van der Waals surface area contributed by atoms with Gasteiger partial charge in [0, 0.05) is 10.9 Å². The van der Waals surface area contributed by atoms with E-state index in [-0.39, 0.29) is 12.1 Å². The number of nitrogens with zero attached hydrogens (tertiary/aromatic N) is 4. The van der Waals surface area contributed by atoms with Crippen LogP contribution in [0.15, 0.2) is 24.3 Å². The molecule has 0 unspecified atom stereocenters. The van der Waals surface area contributed by atoms with Crippen LogP contribution in [-0.2, 0) is 11.8 Å². The van der Waals surface area contributed by atoms with Gasteiger partial charge in [0.25, 0.3) is 0 Å². The fraction of sp³-hybridized carbons (Fsp3) is 0.333. The number of aromatic nitrogens is 4. The predicted octanol–water partition coefficient (Wildman–Crippen LogP) is 6.74. The Morgan fingerprint density at radius 2 is 1.08 bits per heavy atom. The van der Waals surface area contributed by atoms with Crippen molar-refractivity contribution in [1.82, 2.24) is 20.2 Å². The monoisotopic (exact) mass is 542 g/mol. The van der Waals surface area contributed by atoms with Crippen LogP contribution in [0.2, 0.25) is 0 Å². The Labute approximate surface area is 187 Å². The van der Waals surface area contributed by atoms with E-state index < -0.39 is 80.3 Å². The van der Waals surface area contributed by atoms with Crippen molar-refractivity contribution in [2.45, 2.75) is 36.0 Å². The second-order valence-electron chi connectivity index (χ2n) is 7.42. The Hall–Kier alpha value is -3.34. The van der Waals surface area contributed by atoms with Gasteiger partial charge in [-0.3, -0.25) is 0 Å². The van der Waals surface area contributed by atoms with E-state index in [2.05, 4.69) is 20.2 Å². The lowest BCUT2D eigenvalue weighted by Gasteiger charge is -2.28. The Balaban J connectivity index is 1.96. The van der Waals surface area contributed by atoms with Gasteiger partial charge in [0.15, 0.2) is 5.65 Å². The standard InChI is InChI=1S/C18H4F14N4/c19-13(20,15(23,24)17(27,28)29)6-3-5-1-2-7-10-9(5)8(4-6)35-36-11(10)34-12(33-7)14(21,22)16(25,26)18(30,31)32/h1-4H. The van der Waals surface area contributed by atoms with E-state index in [1.165, 1.54) is 0 Å². The first kappa shape index (κ1) is 25.7. The van der Waals surface area contributed by atoms with Gasteiger partial charge in [-0.25, -0.2) is 9.97 Å². The van der Waals surface area contributed by atoms with Crippen molar-refractivity contribution in [3.05, 3.63) is 35.7 Å². The first-order chi connectivity index (χ1) is 16.1. The maximum absolute atomic E-state index is 14.2. The molecule has 0 radical (unpaired) electrons. The van der Waals surface area contributed by atoms with Crippen molar-refractivity contribution in [3.8, 4) is 0 Å². The zero-order chi connectivity index (χ0) is 27.3. The van der Waals surface area contributed by atoms with Crippen molar-refractivity contribution >= 4 is 32.8 Å². The fourth-order valence-electron chi connectivity index (χ4n) is 3.30. The zero-order valence-electron chi connectivity index (χ0n) is 16.4. The highest BCUT2D eigenvalue weighted by molar-refractivity contribution is 6.19. The van der Waals surface area contributed by atoms with Crippen LogP contribution in [0.1, 0.15) is 11.4 Å². The minimum atomic E-state index is -6.72. The van der Waals surface area contributed by atoms with E-state index >= 15 is 0 Å². The van der Waals surface area contributed by atoms with Crippen LogP contribution in [0.3, 0.4) is 0 Å². The summed E-state index contributed by atoms with van der Waals surface area (Å²) >= 11 is 0. The highest BCUT2D eigenvalue weighted by Gasteiger charge is 2.75. The Morgan fingerprint density at radius 3 is 1.64 bits per heavy atom. The third-order valence-electron chi connectivity index (χ3n) is 5.13. The maximum atomic E-state index is 14.2. The van der Waals surface area contributed by atoms with E-state index in [0.29, 0.717) is 12.1 Å². The molecule has 0 aliphatic heterocycles. The van der Waals surface area contributed by atoms with Crippen LogP contribution in [0.25, 0.3) is 32.8 Å². The molecule has 4 nitrogen and oxygen atoms in total. The van der Waals surface area contributed by atoms with Gasteiger partial charge in [0.1, 0.15) is 0 Å². The molecule has 18 heteroatoms. The number of halogens is 14. The molecular weight excluding hydrogens is 538 g/mol. The summed E-state index contributed by atoms with van der Waals surface area (Å²) in [6.45, 7) is 0. The number of hydrogen-bond donors (Lipinski definition) is 0. The molecule has 2 aromatic heterocycles. The Bertz CT molecular complexity index is 1300. The quantitative estimate of drug-likeness (QED) is 0.212. The van der Waals surface area contributed by atoms with Crippen LogP contribution in [0, 0.1) is 0 Å². The minimum Gasteiger partial charge on any atom is -0.227 e. The summed E-state index contributed by atoms with van der Waals surface area (Å²) in [6.07, 6.45) is -13.4. The van der Waals surface area contributed by atoms with Crippen molar-refractivity contribution in [1.29, 1.82) is 0 Å². The molecule has 0 amide bonds. The second-order valence-corrected chi connectivity index (χ2v) is 7.42. The molecule has 2 heterocycles. The molecule has 0 spiro atoms. The summed E-state index contributed by atoms with van der Waals surface area (Å²) in [6, 6.07) is 1.60. The van der Waals surface area contributed by atoms with E-state index in [1.54, 1.807) is 0 Å². The lowest BCUT2D eigenvalue weighted by atomic mass is 9.95. The largest absolute Gasteiger partial charge is 0.460 e. The zero-order valence-corrected chi connectivity index (χ0v) is 16.4. The molecule has 0 atom stereocenters. The van der Waals surface area contributed by atoms with Crippen LogP contribution in [0.5, 0.6) is 0 Å². The van der Waals surface area contributed by atoms with Crippen molar-refractivity contribution in [3.63, 3.8) is 0 Å². The van der Waals surface area contributed by atoms with Gasteiger partial charge in [0.2, 0.25) is 5.82 Å². The third-order valence-corrected chi connectivity index (χ3v) is 5.13. The highest BCUT2D eigenvalue weighted by atomic mass is 19.4. The summed E-state index contributed by atoms with van der Waals surface area (Å²) in [7, 11) is 0. The molecule has 0 N–H and O–H groups in total. The lowest BCUT2D eigenvalue weighted by Crippen LogP contribution is -2.50. The third kappa shape index (κ3) is 3.28. The van der Waals surface area contributed by atoms with Gasteiger partial charge in [-0.05, 0) is 23.6 Å². The van der Waals surface area contributed by atoms with Crippen LogP contribution >= 0.6 is 0 Å². The van der Waals surface area contributed by atoms with Gasteiger partial charge in [0.05, 0.1) is 16.4 Å². The first-order valence-electron chi connectivity index (χ1n) is 9.00. The molecule has 36 heavy (non-hydrogen) atoms. The van der Waals surface area contributed by atoms with E-state index in [0.717, 1.165) is 0 Å². The molecule has 0 aliphatic carbocycles. The fourth-order valence-corrected chi connectivity index (χ4v) is 3.30. The smallest absolute Gasteiger partial charge is 0.227 e. The molecule has 4 rings (SSSR count). The van der Waals surface area contributed by atoms with Gasteiger partial charge < -0.3 is 0 Å². The first-order valence-corrected chi connectivity index (χ1v) is 9.00. The van der Waals surface area contributed by atoms with Gasteiger partial charge in [-0.1, -0.05) is 6.07 Å². The lowest BCUT2D eigenvalue weighted by molar-refractivity contribution is -0.361. The molecule has 194 valence electrons. The SMILES string of the molecule is FC(F)(F)C(F)(F)C(F)(F)c1cc2ccc3nc(C(F)(F)C(F)(F)C(F)(F)F)nc4nnc(c1)c2c34. The normalized spacial score (nSPS) is 14.9. The minimum absolute atomic E-state index is 0.0915. The summed E-state index contributed by atoms with van der Waals surface area (Å²) in [5.74, 6) is -27.3. The van der Waals surface area contributed by atoms with E-state index in [1.807, 2.05) is 0 Å². The van der Waals surface area contributed by atoms with Crippen LogP contribution in [-0.4, -0.2) is 44.4 Å². The maximum Gasteiger partial charge on any atom is 0.460 e. The summed E-state index contributed by atoms with van der Waals surface area (Å²) in [4.78, 5) is 5.89. The van der Waals surface area contributed by atoms with Crippen LogP contribution in [0.4, 0.5) is 61.5 Å². The van der Waals surface area contributed by atoms with Crippen molar-refractivity contribution in [2.75, 3.05) is 0 Å². The second kappa shape index (κ2) is 7.12. The van der Waals surface area contributed by atoms with Gasteiger partial charge in [-0.2, -0.15) is 61.5 Å². The topological polar surface area (TPSA) is 51.6 Å². The van der Waals surface area contributed by atoms with Crippen molar-refractivity contribution < 1.29 is 61.5 Å². The molecule has 0 aliphatic rings. The molecule has 0 saturated heterocycles. The predicted molar refractivity (Wildman–Crippen MR) is 91.1 cm³/mol. The summed E-state index contributed by atoms with van der Waals surface area (Å²) in [5.41, 5.74) is -4.39. The van der Waals surface area contributed by atoms with Gasteiger partial charge >= 0.3 is 36.0 Å². The molecule has 4 aromatic rings. The van der Waals surface area contributed by atoms with E-state index in [4.69, 9.17) is 0 Å². The average molecular weight is 542 g/mol. The van der Waals surface area contributed by atoms with Crippen molar-refractivity contribution in [2.24, 2.45) is 0 Å². The Kier molecular flexibility index (Phi) is 5.09. The highest BCUT2D eigenvalue weighted by Crippen LogP contribution is 2.53. The summed E-state index contributed by atoms with van der Waals surface area (Å²) in [5, 5.41) is 4.95. The number of hydrogen-bond acceptors (Lipinski definition) is 4. The van der Waals surface area contributed by atoms with Gasteiger partial charge in [-0.15, -0.1) is 10.2 Å². The number of alkyl halides is 14. The molecule has 0 saturated carbocycles. The molecular formula is C18H4F14N4. The summed E-state index contributed by atoms with van der Waals surface area (Å²) < 4.78 is 185. The average Bonchev–Trinajstić information content (AvgIpc) is 2.75. The molecule has 0 fully saturated rings. The molecule has 2 aromatic carbocycles. The molecule has 0 bridgehead atoms.